The number of hydrogen-bond acceptors (Lipinski definition) is 3. The summed E-state index contributed by atoms with van der Waals surface area (Å²) in [5, 5.41) is 26.4. The van der Waals surface area contributed by atoms with E-state index >= 15 is 0 Å². The molecule has 0 radical (unpaired) electrons. The molecular weight excluding hydrogens is 174 g/mol. The topological polar surface area (TPSA) is 81.0 Å². The molecule has 0 unspecified atom stereocenters. The third-order valence-electron chi connectivity index (χ3n) is 1.64. The summed E-state index contributed by atoms with van der Waals surface area (Å²) in [6.07, 6.45) is -2.12. The summed E-state index contributed by atoms with van der Waals surface area (Å²) in [4.78, 5) is 11.8. The minimum absolute atomic E-state index is 0.0741. The Kier molecular flexibility index (Phi) is 4.16. The van der Waals surface area contributed by atoms with Gasteiger partial charge < -0.3 is 20.2 Å². The maximum atomic E-state index is 10.7. The molecule has 3 N–H and O–H groups in total. The largest absolute Gasteiger partial charge is 0.465 e. The molecule has 0 saturated heterocycles. The number of aliphatic hydroxyl groups is 2. The van der Waals surface area contributed by atoms with Crippen LogP contribution < -0.4 is 0 Å². The molecule has 1 atom stereocenters. The van der Waals surface area contributed by atoms with Gasteiger partial charge in [-0.05, 0) is 20.8 Å². The first kappa shape index (κ1) is 12.2. The fourth-order valence-corrected chi connectivity index (χ4v) is 0.907. The Hall–Kier alpha value is -0.810. The molecule has 0 aromatic rings. The van der Waals surface area contributed by atoms with Crippen LogP contribution in [0.5, 0.6) is 0 Å². The third-order valence-corrected chi connectivity index (χ3v) is 1.64. The Morgan fingerprint density at radius 3 is 2.15 bits per heavy atom. The number of hydrogen-bond donors (Lipinski definition) is 3. The standard InChI is InChI=1S/C8H17NO4/c1-8(2,3)9(7(12)13)4-6(11)5-10/h6,10-11H,4-5H2,1-3H3,(H,12,13)/t6-/m0/s1. The fraction of sp³-hybridized carbons (Fsp3) is 0.875. The summed E-state index contributed by atoms with van der Waals surface area (Å²) in [6, 6.07) is 0. The highest BCUT2D eigenvalue weighted by molar-refractivity contribution is 5.66. The number of aliphatic hydroxyl groups excluding tert-OH is 2. The minimum Gasteiger partial charge on any atom is -0.465 e. The highest BCUT2D eigenvalue weighted by atomic mass is 16.4. The van der Waals surface area contributed by atoms with Crippen LogP contribution in [0, 0.1) is 0 Å². The summed E-state index contributed by atoms with van der Waals surface area (Å²) >= 11 is 0. The van der Waals surface area contributed by atoms with Gasteiger partial charge in [-0.3, -0.25) is 0 Å². The van der Waals surface area contributed by atoms with Gasteiger partial charge in [0.15, 0.2) is 0 Å². The lowest BCUT2D eigenvalue weighted by Crippen LogP contribution is -2.49. The second kappa shape index (κ2) is 4.43. The first-order valence-electron chi connectivity index (χ1n) is 4.08. The van der Waals surface area contributed by atoms with Crippen LogP contribution in [-0.4, -0.2) is 51.1 Å². The first-order valence-corrected chi connectivity index (χ1v) is 4.08. The molecule has 0 aromatic carbocycles. The highest BCUT2D eigenvalue weighted by Crippen LogP contribution is 2.13. The maximum Gasteiger partial charge on any atom is 0.407 e. The van der Waals surface area contributed by atoms with Crippen molar-refractivity contribution in [3.63, 3.8) is 0 Å². The van der Waals surface area contributed by atoms with Gasteiger partial charge in [-0.25, -0.2) is 4.79 Å². The zero-order chi connectivity index (χ0) is 10.6. The van der Waals surface area contributed by atoms with E-state index < -0.39 is 24.3 Å². The lowest BCUT2D eigenvalue weighted by atomic mass is 10.1. The highest BCUT2D eigenvalue weighted by Gasteiger charge is 2.27. The first-order chi connectivity index (χ1) is 5.79. The van der Waals surface area contributed by atoms with Crippen molar-refractivity contribution in [1.82, 2.24) is 4.90 Å². The molecular formula is C8H17NO4. The van der Waals surface area contributed by atoms with E-state index in [1.54, 1.807) is 20.8 Å². The number of carbonyl (C=O) groups is 1. The van der Waals surface area contributed by atoms with Gasteiger partial charge in [-0.1, -0.05) is 0 Å². The van der Waals surface area contributed by atoms with Crippen molar-refractivity contribution in [2.45, 2.75) is 32.4 Å². The maximum absolute atomic E-state index is 10.7. The van der Waals surface area contributed by atoms with Crippen molar-refractivity contribution >= 4 is 6.09 Å². The second-order valence-electron chi connectivity index (χ2n) is 3.90. The van der Waals surface area contributed by atoms with Crippen LogP contribution in [-0.2, 0) is 0 Å². The molecule has 5 heteroatoms. The van der Waals surface area contributed by atoms with Crippen LogP contribution in [0.15, 0.2) is 0 Å². The Morgan fingerprint density at radius 1 is 1.46 bits per heavy atom. The van der Waals surface area contributed by atoms with Crippen LogP contribution in [0.1, 0.15) is 20.8 Å². The van der Waals surface area contributed by atoms with Crippen molar-refractivity contribution < 1.29 is 20.1 Å². The van der Waals surface area contributed by atoms with Crippen LogP contribution >= 0.6 is 0 Å². The summed E-state index contributed by atoms with van der Waals surface area (Å²) in [7, 11) is 0. The lowest BCUT2D eigenvalue weighted by Gasteiger charge is -2.34. The predicted molar refractivity (Wildman–Crippen MR) is 47.6 cm³/mol. The van der Waals surface area contributed by atoms with E-state index in [4.69, 9.17) is 15.3 Å². The van der Waals surface area contributed by atoms with Crippen LogP contribution in [0.2, 0.25) is 0 Å². The third kappa shape index (κ3) is 4.10. The van der Waals surface area contributed by atoms with Gasteiger partial charge in [-0.2, -0.15) is 0 Å². The van der Waals surface area contributed by atoms with E-state index in [9.17, 15) is 4.79 Å². The van der Waals surface area contributed by atoms with Gasteiger partial charge in [-0.15, -0.1) is 0 Å². The molecule has 0 bridgehead atoms. The van der Waals surface area contributed by atoms with Gasteiger partial charge in [0, 0.05) is 5.54 Å². The summed E-state index contributed by atoms with van der Waals surface area (Å²) in [5.41, 5.74) is -0.567. The van der Waals surface area contributed by atoms with Gasteiger partial charge in [0.25, 0.3) is 0 Å². The fourth-order valence-electron chi connectivity index (χ4n) is 0.907. The Balaban J connectivity index is 4.37. The molecule has 0 aliphatic carbocycles. The molecule has 78 valence electrons. The number of nitrogens with zero attached hydrogens (tertiary/aromatic N) is 1. The quantitative estimate of drug-likeness (QED) is 0.591. The molecule has 5 nitrogen and oxygen atoms in total. The number of β-amino-alcohol motifs (C(OH)–C–C–N with tert-alkyl or cyclic N) is 1. The normalized spacial score (nSPS) is 13.9. The van der Waals surface area contributed by atoms with E-state index in [1.165, 1.54) is 0 Å². The minimum atomic E-state index is -1.10. The molecule has 0 aromatic heterocycles. The molecule has 0 saturated carbocycles. The van der Waals surface area contributed by atoms with Crippen molar-refractivity contribution in [1.29, 1.82) is 0 Å². The van der Waals surface area contributed by atoms with Crippen molar-refractivity contribution in [3.05, 3.63) is 0 Å². The Bertz CT molecular complexity index is 175. The molecule has 0 rings (SSSR count). The zero-order valence-corrected chi connectivity index (χ0v) is 8.19. The van der Waals surface area contributed by atoms with Crippen LogP contribution in [0.25, 0.3) is 0 Å². The van der Waals surface area contributed by atoms with Gasteiger partial charge >= 0.3 is 6.09 Å². The number of amides is 1. The monoisotopic (exact) mass is 191 g/mol. The summed E-state index contributed by atoms with van der Waals surface area (Å²) in [6.45, 7) is 4.68. The SMILES string of the molecule is CC(C)(C)N(C[C@H](O)CO)C(=O)O. The molecule has 0 aliphatic heterocycles. The smallest absolute Gasteiger partial charge is 0.407 e. The molecule has 13 heavy (non-hydrogen) atoms. The summed E-state index contributed by atoms with van der Waals surface area (Å²) in [5.74, 6) is 0. The summed E-state index contributed by atoms with van der Waals surface area (Å²) < 4.78 is 0. The zero-order valence-electron chi connectivity index (χ0n) is 8.19. The molecule has 0 heterocycles. The molecule has 0 fully saturated rings. The average Bonchev–Trinajstić information content (AvgIpc) is 1.96. The Labute approximate surface area is 77.6 Å². The van der Waals surface area contributed by atoms with Gasteiger partial charge in [0.2, 0.25) is 0 Å². The number of rotatable bonds is 3. The average molecular weight is 191 g/mol. The van der Waals surface area contributed by atoms with Crippen LogP contribution in [0.3, 0.4) is 0 Å². The van der Waals surface area contributed by atoms with E-state index in [-0.39, 0.29) is 6.54 Å². The Morgan fingerprint density at radius 2 is 1.92 bits per heavy atom. The lowest BCUT2D eigenvalue weighted by molar-refractivity contribution is 0.0301. The second-order valence-corrected chi connectivity index (χ2v) is 3.90. The molecule has 0 spiro atoms. The molecule has 0 aliphatic rings. The van der Waals surface area contributed by atoms with Crippen molar-refractivity contribution in [2.24, 2.45) is 0 Å². The number of carboxylic acid groups (broad SMARTS) is 1. The molecule has 1 amide bonds. The van der Waals surface area contributed by atoms with E-state index in [1.807, 2.05) is 0 Å². The van der Waals surface area contributed by atoms with Gasteiger partial charge in [0.1, 0.15) is 0 Å². The van der Waals surface area contributed by atoms with Crippen molar-refractivity contribution in [2.75, 3.05) is 13.2 Å². The van der Waals surface area contributed by atoms with E-state index in [0.717, 1.165) is 4.90 Å². The van der Waals surface area contributed by atoms with Crippen molar-refractivity contribution in [3.8, 4) is 0 Å². The van der Waals surface area contributed by atoms with Crippen LogP contribution in [0.4, 0.5) is 4.79 Å². The van der Waals surface area contributed by atoms with E-state index in [0.29, 0.717) is 0 Å². The predicted octanol–water partition coefficient (Wildman–Crippen LogP) is 0.118. The van der Waals surface area contributed by atoms with E-state index in [2.05, 4.69) is 0 Å². The van der Waals surface area contributed by atoms with Gasteiger partial charge in [0.05, 0.1) is 19.3 Å².